The van der Waals surface area contributed by atoms with E-state index in [0.717, 1.165) is 11.0 Å². The second-order valence-electron chi connectivity index (χ2n) is 3.85. The number of para-hydroxylation sites is 2. The number of rotatable bonds is 2. The lowest BCUT2D eigenvalue weighted by molar-refractivity contribution is 0.0593. The van der Waals surface area contributed by atoms with E-state index in [1.807, 2.05) is 28.8 Å². The van der Waals surface area contributed by atoms with Crippen molar-refractivity contribution in [1.29, 1.82) is 0 Å². The highest BCUT2D eigenvalue weighted by atomic mass is 16.5. The van der Waals surface area contributed by atoms with Gasteiger partial charge in [0.15, 0.2) is 11.5 Å². The van der Waals surface area contributed by atoms with E-state index in [2.05, 4.69) is 19.7 Å². The van der Waals surface area contributed by atoms with E-state index < -0.39 is 5.97 Å². The molecule has 0 spiro atoms. The average molecular weight is 254 g/mol. The minimum atomic E-state index is -0.505. The van der Waals surface area contributed by atoms with E-state index in [0.29, 0.717) is 5.82 Å². The molecule has 19 heavy (non-hydrogen) atoms. The van der Waals surface area contributed by atoms with Crippen molar-refractivity contribution in [3.63, 3.8) is 0 Å². The number of esters is 1. The molecule has 0 aliphatic carbocycles. The summed E-state index contributed by atoms with van der Waals surface area (Å²) < 4.78 is 6.39. The molecule has 3 rings (SSSR count). The van der Waals surface area contributed by atoms with Crippen LogP contribution in [0.25, 0.3) is 16.9 Å². The SMILES string of the molecule is COC(=O)c1cnc(-n2cnc3ccccc32)cn1. The third kappa shape index (κ3) is 1.93. The number of aromatic nitrogens is 4. The smallest absolute Gasteiger partial charge is 0.358 e. The Hall–Kier alpha value is -2.76. The number of ether oxygens (including phenoxy) is 1. The number of imidazole rings is 1. The first-order valence-corrected chi connectivity index (χ1v) is 5.62. The fourth-order valence-corrected chi connectivity index (χ4v) is 1.80. The molecule has 0 bridgehead atoms. The molecule has 0 saturated carbocycles. The minimum Gasteiger partial charge on any atom is -0.464 e. The molecule has 94 valence electrons. The van der Waals surface area contributed by atoms with Crippen LogP contribution in [0.4, 0.5) is 0 Å². The van der Waals surface area contributed by atoms with Gasteiger partial charge in [-0.3, -0.25) is 4.57 Å². The molecule has 3 aromatic rings. The fourth-order valence-electron chi connectivity index (χ4n) is 1.80. The van der Waals surface area contributed by atoms with Gasteiger partial charge in [0.2, 0.25) is 0 Å². The summed E-state index contributed by atoms with van der Waals surface area (Å²) in [6, 6.07) is 7.71. The van der Waals surface area contributed by atoms with Gasteiger partial charge in [-0.15, -0.1) is 0 Å². The van der Waals surface area contributed by atoms with Crippen LogP contribution in [0.3, 0.4) is 0 Å². The van der Waals surface area contributed by atoms with E-state index in [1.54, 1.807) is 6.33 Å². The van der Waals surface area contributed by atoms with Crippen molar-refractivity contribution in [3.8, 4) is 5.82 Å². The second-order valence-corrected chi connectivity index (χ2v) is 3.85. The van der Waals surface area contributed by atoms with Gasteiger partial charge in [-0.05, 0) is 12.1 Å². The zero-order valence-corrected chi connectivity index (χ0v) is 10.1. The molecule has 0 fully saturated rings. The topological polar surface area (TPSA) is 69.9 Å². The Balaban J connectivity index is 2.05. The first-order chi connectivity index (χ1) is 9.29. The summed E-state index contributed by atoms with van der Waals surface area (Å²) >= 11 is 0. The van der Waals surface area contributed by atoms with E-state index in [1.165, 1.54) is 19.5 Å². The van der Waals surface area contributed by atoms with Crippen LogP contribution < -0.4 is 0 Å². The lowest BCUT2D eigenvalue weighted by Crippen LogP contribution is -2.06. The van der Waals surface area contributed by atoms with Crippen molar-refractivity contribution >= 4 is 17.0 Å². The van der Waals surface area contributed by atoms with Crippen LogP contribution in [0, 0.1) is 0 Å². The summed E-state index contributed by atoms with van der Waals surface area (Å²) in [6.45, 7) is 0. The van der Waals surface area contributed by atoms with Crippen molar-refractivity contribution in [2.24, 2.45) is 0 Å². The van der Waals surface area contributed by atoms with Crippen molar-refractivity contribution in [1.82, 2.24) is 19.5 Å². The molecule has 0 radical (unpaired) electrons. The van der Waals surface area contributed by atoms with Gasteiger partial charge in [0.25, 0.3) is 0 Å². The van der Waals surface area contributed by atoms with Crippen LogP contribution >= 0.6 is 0 Å². The van der Waals surface area contributed by atoms with Gasteiger partial charge < -0.3 is 4.74 Å². The van der Waals surface area contributed by atoms with Crippen LogP contribution in [0.1, 0.15) is 10.5 Å². The Labute approximate surface area is 108 Å². The minimum absolute atomic E-state index is 0.177. The summed E-state index contributed by atoms with van der Waals surface area (Å²) in [5.74, 6) is 0.0934. The number of benzene rings is 1. The summed E-state index contributed by atoms with van der Waals surface area (Å²) in [7, 11) is 1.31. The Kier molecular flexibility index (Phi) is 2.68. The Morgan fingerprint density at radius 3 is 2.74 bits per heavy atom. The molecule has 0 N–H and O–H groups in total. The number of carbonyl (C=O) groups is 1. The molecule has 0 unspecified atom stereocenters. The largest absolute Gasteiger partial charge is 0.464 e. The summed E-state index contributed by atoms with van der Waals surface area (Å²) in [4.78, 5) is 23.8. The van der Waals surface area contributed by atoms with Crippen LogP contribution in [-0.2, 0) is 4.74 Å². The molecule has 0 amide bonds. The van der Waals surface area contributed by atoms with Gasteiger partial charge in [0, 0.05) is 0 Å². The summed E-state index contributed by atoms with van der Waals surface area (Å²) in [5.41, 5.74) is 1.99. The highest BCUT2D eigenvalue weighted by Crippen LogP contribution is 2.15. The molecular formula is C13H10N4O2. The standard InChI is InChI=1S/C13H10N4O2/c1-19-13(18)10-6-15-12(7-14-10)17-8-16-9-4-2-3-5-11(9)17/h2-8H,1H3. The first kappa shape index (κ1) is 11.3. The van der Waals surface area contributed by atoms with E-state index >= 15 is 0 Å². The summed E-state index contributed by atoms with van der Waals surface area (Å²) in [6.07, 6.45) is 4.57. The summed E-state index contributed by atoms with van der Waals surface area (Å²) in [5, 5.41) is 0. The lowest BCUT2D eigenvalue weighted by Gasteiger charge is -2.03. The molecule has 0 aliphatic heterocycles. The number of hydrogen-bond acceptors (Lipinski definition) is 5. The van der Waals surface area contributed by atoms with Gasteiger partial charge in [-0.25, -0.2) is 19.7 Å². The molecule has 0 saturated heterocycles. The zero-order valence-electron chi connectivity index (χ0n) is 10.1. The van der Waals surface area contributed by atoms with Gasteiger partial charge >= 0.3 is 5.97 Å². The molecule has 2 heterocycles. The average Bonchev–Trinajstić information content (AvgIpc) is 2.90. The predicted molar refractivity (Wildman–Crippen MR) is 68.0 cm³/mol. The maximum atomic E-state index is 11.3. The first-order valence-electron chi connectivity index (χ1n) is 5.62. The Bertz CT molecular complexity index is 734. The van der Waals surface area contributed by atoms with Crippen molar-refractivity contribution in [3.05, 3.63) is 48.7 Å². The number of carbonyl (C=O) groups excluding carboxylic acids is 1. The molecule has 1 aromatic carbocycles. The maximum absolute atomic E-state index is 11.3. The van der Waals surface area contributed by atoms with Crippen LogP contribution in [0.15, 0.2) is 43.0 Å². The van der Waals surface area contributed by atoms with Crippen LogP contribution in [-0.4, -0.2) is 32.6 Å². The second kappa shape index (κ2) is 4.49. The molecule has 6 nitrogen and oxygen atoms in total. The Morgan fingerprint density at radius 1 is 1.16 bits per heavy atom. The Morgan fingerprint density at radius 2 is 2.00 bits per heavy atom. The van der Waals surface area contributed by atoms with Crippen molar-refractivity contribution in [2.45, 2.75) is 0 Å². The molecule has 0 aliphatic rings. The highest BCUT2D eigenvalue weighted by molar-refractivity contribution is 5.86. The van der Waals surface area contributed by atoms with Crippen LogP contribution in [0.5, 0.6) is 0 Å². The molecular weight excluding hydrogens is 244 g/mol. The van der Waals surface area contributed by atoms with Gasteiger partial charge in [-0.1, -0.05) is 12.1 Å². The van der Waals surface area contributed by atoms with Crippen molar-refractivity contribution < 1.29 is 9.53 Å². The number of nitrogens with zero attached hydrogens (tertiary/aromatic N) is 4. The molecule has 6 heteroatoms. The predicted octanol–water partition coefficient (Wildman–Crippen LogP) is 1.60. The highest BCUT2D eigenvalue weighted by Gasteiger charge is 2.09. The zero-order chi connectivity index (χ0) is 13.2. The number of fused-ring (bicyclic) bond motifs is 1. The third-order valence-electron chi connectivity index (χ3n) is 2.73. The maximum Gasteiger partial charge on any atom is 0.358 e. The van der Waals surface area contributed by atoms with Crippen molar-refractivity contribution in [2.75, 3.05) is 7.11 Å². The molecule has 0 atom stereocenters. The monoisotopic (exact) mass is 254 g/mol. The van der Waals surface area contributed by atoms with Crippen LogP contribution in [0.2, 0.25) is 0 Å². The number of methoxy groups -OCH3 is 1. The molecule has 2 aromatic heterocycles. The van der Waals surface area contributed by atoms with E-state index in [9.17, 15) is 4.79 Å². The van der Waals surface area contributed by atoms with E-state index in [4.69, 9.17) is 0 Å². The van der Waals surface area contributed by atoms with Gasteiger partial charge in [0.1, 0.15) is 6.33 Å². The fraction of sp³-hybridized carbons (Fsp3) is 0.0769. The number of hydrogen-bond donors (Lipinski definition) is 0. The van der Waals surface area contributed by atoms with E-state index in [-0.39, 0.29) is 5.69 Å². The van der Waals surface area contributed by atoms with Gasteiger partial charge in [0.05, 0.1) is 30.5 Å². The van der Waals surface area contributed by atoms with Gasteiger partial charge in [-0.2, -0.15) is 0 Å². The third-order valence-corrected chi connectivity index (χ3v) is 2.73. The normalized spacial score (nSPS) is 10.6. The lowest BCUT2D eigenvalue weighted by atomic mass is 10.3. The quantitative estimate of drug-likeness (QED) is 0.650.